The number of nitrogens with one attached hydrogen (secondary N) is 1. The summed E-state index contributed by atoms with van der Waals surface area (Å²) >= 11 is 6.05. The summed E-state index contributed by atoms with van der Waals surface area (Å²) in [5.74, 6) is -1.07. The number of benzene rings is 2. The minimum atomic E-state index is -0.582. The van der Waals surface area contributed by atoms with Crippen LogP contribution < -0.4 is 10.2 Å². The maximum absolute atomic E-state index is 12.6. The number of carbonyl (C=O) groups is 2. The highest BCUT2D eigenvalue weighted by molar-refractivity contribution is 6.39. The summed E-state index contributed by atoms with van der Waals surface area (Å²) in [6.07, 6.45) is 0. The minimum Gasteiger partial charge on any atom is -0.368 e. The zero-order valence-electron chi connectivity index (χ0n) is 15.9. The minimum absolute atomic E-state index is 0.486. The van der Waals surface area contributed by atoms with E-state index in [0.717, 1.165) is 28.1 Å². The molecule has 2 aromatic carbocycles. The fourth-order valence-corrected chi connectivity index (χ4v) is 3.71. The highest BCUT2D eigenvalue weighted by atomic mass is 35.5. The predicted molar refractivity (Wildman–Crippen MR) is 110 cm³/mol. The molecule has 1 saturated heterocycles. The van der Waals surface area contributed by atoms with E-state index in [9.17, 15) is 9.59 Å². The lowest BCUT2D eigenvalue weighted by Gasteiger charge is -2.35. The molecule has 2 aromatic rings. The van der Waals surface area contributed by atoms with Crippen molar-refractivity contribution in [3.8, 4) is 0 Å². The molecule has 1 aliphatic rings. The van der Waals surface area contributed by atoms with Gasteiger partial charge >= 0.3 is 11.8 Å². The number of piperazine rings is 1. The molecule has 142 valence electrons. The smallest absolute Gasteiger partial charge is 0.313 e. The number of hydrogen-bond donors (Lipinski definition) is 1. The molecule has 0 unspecified atom stereocenters. The third-order valence-electron chi connectivity index (χ3n) is 4.85. The van der Waals surface area contributed by atoms with Crippen molar-refractivity contribution >= 4 is 34.8 Å². The molecule has 0 aliphatic carbocycles. The molecule has 0 bridgehead atoms. The molecular formula is C21H24ClN3O2. The van der Waals surface area contributed by atoms with Gasteiger partial charge in [-0.1, -0.05) is 35.4 Å². The Bertz CT molecular complexity index is 850. The first-order valence-corrected chi connectivity index (χ1v) is 9.41. The first kappa shape index (κ1) is 19.2. The lowest BCUT2D eigenvalue weighted by atomic mass is 10.1. The van der Waals surface area contributed by atoms with Crippen molar-refractivity contribution in [3.05, 3.63) is 58.1 Å². The van der Waals surface area contributed by atoms with Crippen LogP contribution in [-0.4, -0.2) is 42.9 Å². The molecule has 0 radical (unpaired) electrons. The van der Waals surface area contributed by atoms with Gasteiger partial charge in [-0.25, -0.2) is 0 Å². The van der Waals surface area contributed by atoms with Gasteiger partial charge in [-0.15, -0.1) is 0 Å². The van der Waals surface area contributed by atoms with Gasteiger partial charge in [0, 0.05) is 42.6 Å². The maximum atomic E-state index is 12.6. The SMILES string of the molecule is Cc1cc(C)c(NC(=O)C(=O)N2CCN(c3cccc(Cl)c3)CC2)c(C)c1. The van der Waals surface area contributed by atoms with E-state index in [2.05, 4.69) is 10.2 Å². The predicted octanol–water partition coefficient (Wildman–Crippen LogP) is 3.55. The Hall–Kier alpha value is -2.53. The number of hydrogen-bond acceptors (Lipinski definition) is 3. The topological polar surface area (TPSA) is 52.7 Å². The Morgan fingerprint density at radius 3 is 2.19 bits per heavy atom. The van der Waals surface area contributed by atoms with Gasteiger partial charge in [0.15, 0.2) is 0 Å². The summed E-state index contributed by atoms with van der Waals surface area (Å²) in [7, 11) is 0. The van der Waals surface area contributed by atoms with E-state index in [1.165, 1.54) is 0 Å². The summed E-state index contributed by atoms with van der Waals surface area (Å²) in [6.45, 7) is 8.23. The van der Waals surface area contributed by atoms with E-state index in [0.29, 0.717) is 31.2 Å². The number of amides is 2. The number of carbonyl (C=O) groups excluding carboxylic acids is 2. The first-order chi connectivity index (χ1) is 12.8. The van der Waals surface area contributed by atoms with Gasteiger partial charge in [-0.05, 0) is 50.1 Å². The lowest BCUT2D eigenvalue weighted by Crippen LogP contribution is -2.51. The molecular weight excluding hydrogens is 362 g/mol. The van der Waals surface area contributed by atoms with Gasteiger partial charge in [-0.2, -0.15) is 0 Å². The number of aryl methyl sites for hydroxylation is 3. The zero-order valence-corrected chi connectivity index (χ0v) is 16.6. The van der Waals surface area contributed by atoms with E-state index in [-0.39, 0.29) is 0 Å². The van der Waals surface area contributed by atoms with Crippen molar-refractivity contribution in [3.63, 3.8) is 0 Å². The van der Waals surface area contributed by atoms with E-state index >= 15 is 0 Å². The standard InChI is InChI=1S/C21H24ClN3O2/c1-14-11-15(2)19(16(3)12-14)23-20(26)21(27)25-9-7-24(8-10-25)18-6-4-5-17(22)13-18/h4-6,11-13H,7-10H2,1-3H3,(H,23,26). The van der Waals surface area contributed by atoms with Crippen LogP contribution >= 0.6 is 11.6 Å². The van der Waals surface area contributed by atoms with E-state index < -0.39 is 11.8 Å². The average Bonchev–Trinajstić information content (AvgIpc) is 2.64. The van der Waals surface area contributed by atoms with Crippen molar-refractivity contribution < 1.29 is 9.59 Å². The average molecular weight is 386 g/mol. The molecule has 0 spiro atoms. The summed E-state index contributed by atoms with van der Waals surface area (Å²) in [6, 6.07) is 11.7. The van der Waals surface area contributed by atoms with Crippen LogP contribution in [0.2, 0.25) is 5.02 Å². The highest BCUT2D eigenvalue weighted by Gasteiger charge is 2.26. The van der Waals surface area contributed by atoms with Crippen molar-refractivity contribution in [2.75, 3.05) is 36.4 Å². The van der Waals surface area contributed by atoms with Crippen LogP contribution in [0, 0.1) is 20.8 Å². The van der Waals surface area contributed by atoms with Crippen LogP contribution in [0.4, 0.5) is 11.4 Å². The Balaban J connectivity index is 1.61. The normalized spacial score (nSPS) is 14.2. The summed E-state index contributed by atoms with van der Waals surface area (Å²) in [4.78, 5) is 28.8. The molecule has 1 fully saturated rings. The second kappa shape index (κ2) is 8.01. The lowest BCUT2D eigenvalue weighted by molar-refractivity contribution is -0.143. The third-order valence-corrected chi connectivity index (χ3v) is 5.09. The summed E-state index contributed by atoms with van der Waals surface area (Å²) in [5, 5.41) is 3.48. The van der Waals surface area contributed by atoms with E-state index in [1.807, 2.05) is 57.2 Å². The van der Waals surface area contributed by atoms with Crippen LogP contribution in [-0.2, 0) is 9.59 Å². The fourth-order valence-electron chi connectivity index (χ4n) is 3.53. The largest absolute Gasteiger partial charge is 0.368 e. The van der Waals surface area contributed by atoms with Gasteiger partial charge in [0.25, 0.3) is 0 Å². The zero-order chi connectivity index (χ0) is 19.6. The maximum Gasteiger partial charge on any atom is 0.313 e. The molecule has 3 rings (SSSR count). The van der Waals surface area contributed by atoms with Gasteiger partial charge in [0.1, 0.15) is 0 Å². The molecule has 1 heterocycles. The number of halogens is 1. The van der Waals surface area contributed by atoms with Crippen molar-refractivity contribution in [2.45, 2.75) is 20.8 Å². The molecule has 0 aromatic heterocycles. The summed E-state index contributed by atoms with van der Waals surface area (Å²) in [5.41, 5.74) is 4.80. The first-order valence-electron chi connectivity index (χ1n) is 9.04. The Morgan fingerprint density at radius 2 is 1.59 bits per heavy atom. The molecule has 6 heteroatoms. The number of nitrogens with zero attached hydrogens (tertiary/aromatic N) is 2. The van der Waals surface area contributed by atoms with Gasteiger partial charge in [-0.3, -0.25) is 9.59 Å². The molecule has 1 aliphatic heterocycles. The van der Waals surface area contributed by atoms with Gasteiger partial charge < -0.3 is 15.1 Å². The van der Waals surface area contributed by atoms with Crippen molar-refractivity contribution in [2.24, 2.45) is 0 Å². The molecule has 0 saturated carbocycles. The molecule has 1 N–H and O–H groups in total. The van der Waals surface area contributed by atoms with Crippen LogP contribution in [0.5, 0.6) is 0 Å². The van der Waals surface area contributed by atoms with Crippen LogP contribution in [0.25, 0.3) is 0 Å². The van der Waals surface area contributed by atoms with E-state index in [4.69, 9.17) is 11.6 Å². The summed E-state index contributed by atoms with van der Waals surface area (Å²) < 4.78 is 0. The third kappa shape index (κ3) is 4.42. The van der Waals surface area contributed by atoms with Crippen LogP contribution in [0.1, 0.15) is 16.7 Å². The second-order valence-corrected chi connectivity index (χ2v) is 7.42. The molecule has 5 nitrogen and oxygen atoms in total. The molecule has 0 atom stereocenters. The monoisotopic (exact) mass is 385 g/mol. The Labute approximate surface area is 164 Å². The Morgan fingerprint density at radius 1 is 0.963 bits per heavy atom. The molecule has 27 heavy (non-hydrogen) atoms. The highest BCUT2D eigenvalue weighted by Crippen LogP contribution is 2.23. The van der Waals surface area contributed by atoms with E-state index in [1.54, 1.807) is 4.90 Å². The van der Waals surface area contributed by atoms with Gasteiger partial charge in [0.05, 0.1) is 0 Å². The number of anilines is 2. The van der Waals surface area contributed by atoms with Gasteiger partial charge in [0.2, 0.25) is 0 Å². The Kier molecular flexibility index (Phi) is 5.71. The number of rotatable bonds is 2. The fraction of sp³-hybridized carbons (Fsp3) is 0.333. The van der Waals surface area contributed by atoms with Crippen molar-refractivity contribution in [1.29, 1.82) is 0 Å². The van der Waals surface area contributed by atoms with Crippen LogP contribution in [0.3, 0.4) is 0 Å². The van der Waals surface area contributed by atoms with Crippen LogP contribution in [0.15, 0.2) is 36.4 Å². The van der Waals surface area contributed by atoms with Crippen molar-refractivity contribution in [1.82, 2.24) is 4.90 Å². The second-order valence-electron chi connectivity index (χ2n) is 6.99. The molecule has 2 amide bonds. The quantitative estimate of drug-likeness (QED) is 0.804.